The van der Waals surface area contributed by atoms with E-state index < -0.39 is 55.5 Å². The average Bonchev–Trinajstić information content (AvgIpc) is 2.51. The van der Waals surface area contributed by atoms with Crippen LogP contribution in [0.2, 0.25) is 19.6 Å². The number of rotatable bonds is 7. The Kier molecular flexibility index (Phi) is 7.09. The third-order valence-corrected chi connectivity index (χ3v) is 3.60. The molecule has 0 aliphatic carbocycles. The maximum absolute atomic E-state index is 13.5. The molecular weight excluding hydrogens is 365 g/mol. The fourth-order valence-corrected chi connectivity index (χ4v) is 2.38. The summed E-state index contributed by atoms with van der Waals surface area (Å²) in [6.07, 6.45) is 0.673. The summed E-state index contributed by atoms with van der Waals surface area (Å²) < 4.78 is 71.4. The minimum atomic E-state index is -2.26. The smallest absolute Gasteiger partial charge is 0.342 e. The van der Waals surface area contributed by atoms with Crippen molar-refractivity contribution in [2.75, 3.05) is 0 Å². The molecule has 1 aromatic rings. The molecule has 0 atom stereocenters. The number of halogens is 5. The van der Waals surface area contributed by atoms with Gasteiger partial charge in [0.15, 0.2) is 29.0 Å². The van der Waals surface area contributed by atoms with Crippen molar-refractivity contribution in [1.29, 1.82) is 0 Å². The lowest BCUT2D eigenvalue weighted by Crippen LogP contribution is -2.33. The highest BCUT2D eigenvalue weighted by molar-refractivity contribution is 6.72. The van der Waals surface area contributed by atoms with Gasteiger partial charge < -0.3 is 9.26 Å². The molecule has 0 saturated carbocycles. The van der Waals surface area contributed by atoms with Gasteiger partial charge in [-0.2, -0.15) is 0 Å². The van der Waals surface area contributed by atoms with E-state index in [4.69, 9.17) is 4.43 Å². The van der Waals surface area contributed by atoms with E-state index in [1.807, 2.05) is 0 Å². The number of benzene rings is 1. The van der Waals surface area contributed by atoms with Crippen LogP contribution in [0.4, 0.5) is 22.0 Å². The normalized spacial score (nSPS) is 12.3. The average molecular weight is 383 g/mol. The first-order valence-electron chi connectivity index (χ1n) is 7.42. The summed E-state index contributed by atoms with van der Waals surface area (Å²) in [5.74, 6) is -11.2. The molecule has 0 bridgehead atoms. The van der Waals surface area contributed by atoms with Crippen LogP contribution in [0, 0.1) is 29.1 Å². The zero-order valence-electron chi connectivity index (χ0n) is 14.2. The van der Waals surface area contributed by atoms with Gasteiger partial charge in [-0.1, -0.05) is 18.5 Å². The van der Waals surface area contributed by atoms with Crippen LogP contribution in [-0.4, -0.2) is 20.0 Å². The second-order valence-corrected chi connectivity index (χ2v) is 10.5. The zero-order valence-corrected chi connectivity index (χ0v) is 15.2. The first kappa shape index (κ1) is 21.1. The summed E-state index contributed by atoms with van der Waals surface area (Å²) in [5.41, 5.74) is -1.30. The van der Waals surface area contributed by atoms with E-state index in [9.17, 15) is 26.7 Å². The van der Waals surface area contributed by atoms with Crippen LogP contribution in [0.1, 0.15) is 25.3 Å². The molecule has 1 rings (SSSR count). The number of carbonyl (C=O) groups excluding carboxylic acids is 1. The summed E-state index contributed by atoms with van der Waals surface area (Å²) in [6.45, 7) is 6.03. The van der Waals surface area contributed by atoms with E-state index in [0.29, 0.717) is 6.42 Å². The summed E-state index contributed by atoms with van der Waals surface area (Å²) >= 11 is 0. The Balaban J connectivity index is 2.99. The summed E-state index contributed by atoms with van der Waals surface area (Å²) in [4.78, 5) is 16.6. The van der Waals surface area contributed by atoms with E-state index in [1.54, 1.807) is 26.6 Å². The molecule has 0 unspecified atom stereocenters. The molecule has 0 aliphatic rings. The van der Waals surface area contributed by atoms with Crippen molar-refractivity contribution >= 4 is 20.0 Å². The SMILES string of the molecule is CCC/C(=N\OCc1c(F)c(F)c(F)c(F)c1F)C(=O)O[Si](C)(C)C. The summed E-state index contributed by atoms with van der Waals surface area (Å²) in [6, 6.07) is 0. The van der Waals surface area contributed by atoms with Crippen LogP contribution >= 0.6 is 0 Å². The third-order valence-electron chi connectivity index (χ3n) is 2.81. The highest BCUT2D eigenvalue weighted by Crippen LogP contribution is 2.23. The maximum Gasteiger partial charge on any atom is 0.342 e. The van der Waals surface area contributed by atoms with Crippen molar-refractivity contribution in [2.45, 2.75) is 46.0 Å². The molecule has 0 N–H and O–H groups in total. The van der Waals surface area contributed by atoms with Crippen LogP contribution in [-0.2, 0) is 20.7 Å². The third kappa shape index (κ3) is 5.51. The van der Waals surface area contributed by atoms with Crippen molar-refractivity contribution < 1.29 is 36.0 Å². The Morgan fingerprint density at radius 3 is 1.88 bits per heavy atom. The highest BCUT2D eigenvalue weighted by Gasteiger charge is 2.27. The molecule has 4 nitrogen and oxygen atoms in total. The Bertz CT molecular complexity index is 660. The maximum atomic E-state index is 13.5. The van der Waals surface area contributed by atoms with Gasteiger partial charge in [0.1, 0.15) is 6.61 Å². The Morgan fingerprint density at radius 1 is 0.960 bits per heavy atom. The Labute approximate surface area is 142 Å². The van der Waals surface area contributed by atoms with Gasteiger partial charge in [-0.05, 0) is 19.6 Å². The van der Waals surface area contributed by atoms with Crippen molar-refractivity contribution in [3.05, 3.63) is 34.6 Å². The first-order chi connectivity index (χ1) is 11.5. The lowest BCUT2D eigenvalue weighted by atomic mass is 10.2. The molecule has 0 heterocycles. The molecule has 140 valence electrons. The fraction of sp³-hybridized carbons (Fsp3) is 0.467. The van der Waals surface area contributed by atoms with Crippen LogP contribution < -0.4 is 0 Å². The predicted octanol–water partition coefficient (Wildman–Crippen LogP) is 4.43. The summed E-state index contributed by atoms with van der Waals surface area (Å²) in [7, 11) is -2.20. The quantitative estimate of drug-likeness (QED) is 0.175. The lowest BCUT2D eigenvalue weighted by molar-refractivity contribution is -0.128. The van der Waals surface area contributed by atoms with Crippen LogP contribution in [0.5, 0.6) is 0 Å². The molecule has 25 heavy (non-hydrogen) atoms. The molecule has 0 spiro atoms. The second kappa shape index (κ2) is 8.41. The molecule has 0 fully saturated rings. The van der Waals surface area contributed by atoms with Gasteiger partial charge in [0.05, 0.1) is 5.56 Å². The number of hydrogen-bond donors (Lipinski definition) is 0. The highest BCUT2D eigenvalue weighted by atomic mass is 28.4. The van der Waals surface area contributed by atoms with E-state index in [0.717, 1.165) is 0 Å². The molecule has 0 amide bonds. The van der Waals surface area contributed by atoms with Gasteiger partial charge in [0, 0.05) is 6.42 Å². The molecule has 0 radical (unpaired) electrons. The Hall–Kier alpha value is -1.97. The number of oxime groups is 1. The molecular formula is C15H18F5NO3Si. The van der Waals surface area contributed by atoms with Gasteiger partial charge in [-0.3, -0.25) is 0 Å². The minimum Gasteiger partial charge on any atom is -0.515 e. The van der Waals surface area contributed by atoms with E-state index >= 15 is 0 Å². The predicted molar refractivity (Wildman–Crippen MR) is 82.8 cm³/mol. The first-order valence-corrected chi connectivity index (χ1v) is 10.8. The van der Waals surface area contributed by atoms with Crippen molar-refractivity contribution in [3.63, 3.8) is 0 Å². The van der Waals surface area contributed by atoms with Gasteiger partial charge in [-0.15, -0.1) is 0 Å². The number of carbonyl (C=O) groups is 1. The molecule has 1 aromatic carbocycles. The zero-order chi connectivity index (χ0) is 19.4. The van der Waals surface area contributed by atoms with Crippen molar-refractivity contribution in [2.24, 2.45) is 5.16 Å². The van der Waals surface area contributed by atoms with Crippen molar-refractivity contribution in [3.8, 4) is 0 Å². The topological polar surface area (TPSA) is 47.9 Å². The van der Waals surface area contributed by atoms with Crippen LogP contribution in [0.15, 0.2) is 5.16 Å². The molecule has 0 aromatic heterocycles. The van der Waals surface area contributed by atoms with Crippen LogP contribution in [0.3, 0.4) is 0 Å². The molecule has 10 heteroatoms. The largest absolute Gasteiger partial charge is 0.515 e. The van der Waals surface area contributed by atoms with Crippen molar-refractivity contribution in [1.82, 2.24) is 0 Å². The van der Waals surface area contributed by atoms with Gasteiger partial charge in [-0.25, -0.2) is 26.7 Å². The lowest BCUT2D eigenvalue weighted by Gasteiger charge is -2.17. The van der Waals surface area contributed by atoms with E-state index in [-0.39, 0.29) is 12.1 Å². The van der Waals surface area contributed by atoms with E-state index in [2.05, 4.69) is 9.99 Å². The number of hydrogen-bond acceptors (Lipinski definition) is 4. The van der Waals surface area contributed by atoms with Crippen LogP contribution in [0.25, 0.3) is 0 Å². The van der Waals surface area contributed by atoms with Gasteiger partial charge >= 0.3 is 5.97 Å². The fourth-order valence-electron chi connectivity index (χ4n) is 1.71. The van der Waals surface area contributed by atoms with E-state index in [1.165, 1.54) is 0 Å². The summed E-state index contributed by atoms with van der Waals surface area (Å²) in [5, 5.41) is 3.45. The number of nitrogens with zero attached hydrogens (tertiary/aromatic N) is 1. The monoisotopic (exact) mass is 383 g/mol. The standard InChI is InChI=1S/C15H18F5NO3Si/c1-5-6-9(15(22)24-25(2,3)4)21-23-7-8-10(16)12(18)14(20)13(19)11(8)17/h5-7H2,1-4H3/b21-9+. The van der Waals surface area contributed by atoms with Gasteiger partial charge in [0.2, 0.25) is 14.1 Å². The molecule has 0 saturated heterocycles. The molecule has 0 aliphatic heterocycles. The minimum absolute atomic E-state index is 0.131. The Morgan fingerprint density at radius 2 is 1.44 bits per heavy atom. The second-order valence-electron chi connectivity index (χ2n) is 6.11. The van der Waals surface area contributed by atoms with Gasteiger partial charge in [0.25, 0.3) is 0 Å².